The Labute approximate surface area is 165 Å². The van der Waals surface area contributed by atoms with Crippen LogP contribution in [0.1, 0.15) is 67.5 Å². The molecule has 1 aliphatic carbocycles. The van der Waals surface area contributed by atoms with Crippen LogP contribution in [0.5, 0.6) is 0 Å². The third kappa shape index (κ3) is 4.06. The minimum Gasteiger partial charge on any atom is -0.364 e. The van der Waals surface area contributed by atoms with Crippen molar-refractivity contribution in [3.8, 4) is 11.3 Å². The molecular weight excluding hydrogens is 362 g/mol. The molecule has 0 aromatic carbocycles. The van der Waals surface area contributed by atoms with Crippen molar-refractivity contribution in [3.05, 3.63) is 23.1 Å². The fraction of sp³-hybridized carbons (Fsp3) is 0.632. The molecule has 0 aliphatic heterocycles. The standard InChI is InChI=1S/C19H29N5O2S/c1-3-26-13(2)24-16-9-8-14-17(19(20)25)22-23(10-6-4-5-7-11-27)18(14)15(16)12-21-24/h12-13,27H,3-11H2,1-2H3,(H2,20,25). The summed E-state index contributed by atoms with van der Waals surface area (Å²) in [5.41, 5.74) is 10.1. The highest BCUT2D eigenvalue weighted by molar-refractivity contribution is 7.80. The molecule has 2 aromatic heterocycles. The van der Waals surface area contributed by atoms with E-state index >= 15 is 0 Å². The maximum atomic E-state index is 11.9. The molecule has 3 rings (SSSR count). The lowest BCUT2D eigenvalue weighted by Gasteiger charge is -2.20. The molecule has 0 spiro atoms. The summed E-state index contributed by atoms with van der Waals surface area (Å²) in [7, 11) is 0. The van der Waals surface area contributed by atoms with E-state index in [0.29, 0.717) is 12.3 Å². The summed E-state index contributed by atoms with van der Waals surface area (Å²) in [6.07, 6.45) is 7.70. The Kier molecular flexibility index (Phi) is 6.59. The van der Waals surface area contributed by atoms with Crippen molar-refractivity contribution < 1.29 is 9.53 Å². The second-order valence-electron chi connectivity index (χ2n) is 6.91. The van der Waals surface area contributed by atoms with Gasteiger partial charge in [0, 0.05) is 24.3 Å². The van der Waals surface area contributed by atoms with E-state index in [1.807, 2.05) is 29.4 Å². The van der Waals surface area contributed by atoms with E-state index in [1.54, 1.807) is 0 Å². The number of hydrogen-bond acceptors (Lipinski definition) is 5. The lowest BCUT2D eigenvalue weighted by molar-refractivity contribution is 0.0139. The predicted octanol–water partition coefficient (Wildman–Crippen LogP) is 2.99. The van der Waals surface area contributed by atoms with Gasteiger partial charge in [0.05, 0.1) is 17.6 Å². The smallest absolute Gasteiger partial charge is 0.269 e. The van der Waals surface area contributed by atoms with Gasteiger partial charge in [0.25, 0.3) is 5.91 Å². The van der Waals surface area contributed by atoms with Gasteiger partial charge < -0.3 is 10.5 Å². The number of unbranched alkanes of at least 4 members (excludes halogenated alkanes) is 3. The van der Waals surface area contributed by atoms with Gasteiger partial charge in [-0.3, -0.25) is 9.48 Å². The number of ether oxygens (including phenoxy) is 1. The topological polar surface area (TPSA) is 88.0 Å². The molecule has 1 amide bonds. The van der Waals surface area contributed by atoms with Crippen molar-refractivity contribution in [2.45, 2.75) is 65.1 Å². The number of hydrogen-bond donors (Lipinski definition) is 2. The van der Waals surface area contributed by atoms with E-state index in [-0.39, 0.29) is 6.23 Å². The molecule has 0 radical (unpaired) electrons. The average Bonchev–Trinajstić information content (AvgIpc) is 3.23. The number of rotatable bonds is 10. The molecule has 148 valence electrons. The van der Waals surface area contributed by atoms with E-state index < -0.39 is 5.91 Å². The van der Waals surface area contributed by atoms with Crippen LogP contribution < -0.4 is 5.73 Å². The number of primary amides is 1. The van der Waals surface area contributed by atoms with Crippen molar-refractivity contribution in [3.63, 3.8) is 0 Å². The number of carbonyl (C=O) groups is 1. The van der Waals surface area contributed by atoms with Crippen LogP contribution >= 0.6 is 12.6 Å². The zero-order chi connectivity index (χ0) is 19.4. The molecule has 2 N–H and O–H groups in total. The molecule has 0 saturated carbocycles. The van der Waals surface area contributed by atoms with Crippen LogP contribution in [-0.4, -0.2) is 37.8 Å². The van der Waals surface area contributed by atoms with Gasteiger partial charge in [-0.1, -0.05) is 12.8 Å². The fourth-order valence-electron chi connectivity index (χ4n) is 3.83. The van der Waals surface area contributed by atoms with Gasteiger partial charge in [0.15, 0.2) is 5.69 Å². The van der Waals surface area contributed by atoms with Gasteiger partial charge in [-0.15, -0.1) is 0 Å². The second-order valence-corrected chi connectivity index (χ2v) is 7.35. The number of fused-ring (bicyclic) bond motifs is 3. The zero-order valence-electron chi connectivity index (χ0n) is 16.1. The average molecular weight is 392 g/mol. The van der Waals surface area contributed by atoms with Crippen LogP contribution in [0.25, 0.3) is 11.3 Å². The number of aryl methyl sites for hydroxylation is 1. The number of carbonyl (C=O) groups excluding carboxylic acids is 1. The summed E-state index contributed by atoms with van der Waals surface area (Å²) in [6.45, 7) is 5.39. The van der Waals surface area contributed by atoms with E-state index in [0.717, 1.165) is 73.3 Å². The van der Waals surface area contributed by atoms with Crippen LogP contribution in [0.4, 0.5) is 0 Å². The molecule has 0 bridgehead atoms. The summed E-state index contributed by atoms with van der Waals surface area (Å²) in [5.74, 6) is 0.461. The van der Waals surface area contributed by atoms with Gasteiger partial charge in [0.2, 0.25) is 0 Å². The molecule has 2 heterocycles. The van der Waals surface area contributed by atoms with Gasteiger partial charge >= 0.3 is 0 Å². The normalized spacial score (nSPS) is 14.0. The molecule has 27 heavy (non-hydrogen) atoms. The molecule has 0 fully saturated rings. The second kappa shape index (κ2) is 8.93. The Hall–Kier alpha value is -1.80. The molecule has 1 unspecified atom stereocenters. The molecule has 0 saturated heterocycles. The fourth-order valence-corrected chi connectivity index (χ4v) is 4.05. The number of aromatic nitrogens is 4. The van der Waals surface area contributed by atoms with Gasteiger partial charge in [0.1, 0.15) is 6.23 Å². The Morgan fingerprint density at radius 1 is 1.33 bits per heavy atom. The highest BCUT2D eigenvalue weighted by Crippen LogP contribution is 2.36. The van der Waals surface area contributed by atoms with Crippen molar-refractivity contribution in [1.82, 2.24) is 19.6 Å². The zero-order valence-corrected chi connectivity index (χ0v) is 17.0. The minimum absolute atomic E-state index is 0.117. The predicted molar refractivity (Wildman–Crippen MR) is 108 cm³/mol. The van der Waals surface area contributed by atoms with Crippen LogP contribution in [-0.2, 0) is 24.1 Å². The van der Waals surface area contributed by atoms with Crippen LogP contribution in [0.15, 0.2) is 6.20 Å². The highest BCUT2D eigenvalue weighted by Gasteiger charge is 2.30. The third-order valence-corrected chi connectivity index (χ3v) is 5.40. The Bertz CT molecular complexity index is 798. The lowest BCUT2D eigenvalue weighted by Crippen LogP contribution is -2.18. The molecule has 7 nitrogen and oxygen atoms in total. The minimum atomic E-state index is -0.460. The van der Waals surface area contributed by atoms with E-state index in [4.69, 9.17) is 10.5 Å². The van der Waals surface area contributed by atoms with Gasteiger partial charge in [-0.25, -0.2) is 4.68 Å². The summed E-state index contributed by atoms with van der Waals surface area (Å²) < 4.78 is 9.60. The van der Waals surface area contributed by atoms with E-state index in [2.05, 4.69) is 22.8 Å². The van der Waals surface area contributed by atoms with Crippen LogP contribution in [0, 0.1) is 0 Å². The lowest BCUT2D eigenvalue weighted by atomic mass is 9.93. The first-order valence-electron chi connectivity index (χ1n) is 9.77. The first-order valence-corrected chi connectivity index (χ1v) is 10.4. The molecular formula is C19H29N5O2S. The van der Waals surface area contributed by atoms with Crippen LogP contribution in [0.3, 0.4) is 0 Å². The maximum Gasteiger partial charge on any atom is 0.269 e. The molecule has 2 aromatic rings. The van der Waals surface area contributed by atoms with Gasteiger partial charge in [-0.2, -0.15) is 22.8 Å². The number of amides is 1. The van der Waals surface area contributed by atoms with Crippen molar-refractivity contribution >= 4 is 18.5 Å². The quantitative estimate of drug-likeness (QED) is 0.481. The van der Waals surface area contributed by atoms with Crippen molar-refractivity contribution in [1.29, 1.82) is 0 Å². The summed E-state index contributed by atoms with van der Waals surface area (Å²) in [5, 5.41) is 9.11. The third-order valence-electron chi connectivity index (χ3n) is 5.08. The largest absolute Gasteiger partial charge is 0.364 e. The Morgan fingerprint density at radius 2 is 2.11 bits per heavy atom. The van der Waals surface area contributed by atoms with Crippen molar-refractivity contribution in [2.75, 3.05) is 12.4 Å². The Morgan fingerprint density at radius 3 is 2.81 bits per heavy atom. The van der Waals surface area contributed by atoms with E-state index in [1.165, 1.54) is 0 Å². The highest BCUT2D eigenvalue weighted by atomic mass is 32.1. The maximum absolute atomic E-state index is 11.9. The van der Waals surface area contributed by atoms with Crippen LogP contribution in [0.2, 0.25) is 0 Å². The van der Waals surface area contributed by atoms with Gasteiger partial charge in [-0.05, 0) is 45.3 Å². The molecule has 8 heteroatoms. The summed E-state index contributed by atoms with van der Waals surface area (Å²) in [4.78, 5) is 11.9. The number of nitrogens with two attached hydrogens (primary N) is 1. The Balaban J connectivity index is 1.92. The number of thiol groups is 1. The monoisotopic (exact) mass is 391 g/mol. The number of nitrogens with zero attached hydrogens (tertiary/aromatic N) is 4. The van der Waals surface area contributed by atoms with E-state index in [9.17, 15) is 4.79 Å². The van der Waals surface area contributed by atoms with Crippen molar-refractivity contribution in [2.24, 2.45) is 5.73 Å². The summed E-state index contributed by atoms with van der Waals surface area (Å²) >= 11 is 4.26. The first-order chi connectivity index (χ1) is 13.1. The first kappa shape index (κ1) is 19.9. The summed E-state index contributed by atoms with van der Waals surface area (Å²) in [6, 6.07) is 0. The molecule has 1 atom stereocenters. The SMILES string of the molecule is CCOC(C)n1ncc2c1CCc1c(C(N)=O)nn(CCCCCCS)c1-2. The molecule has 1 aliphatic rings.